The fourth-order valence-corrected chi connectivity index (χ4v) is 3.64. The molecule has 168 valence electrons. The molecule has 2 aliphatic rings. The first kappa shape index (κ1) is 24.5. The summed E-state index contributed by atoms with van der Waals surface area (Å²) in [6, 6.07) is 8.32. The van der Waals surface area contributed by atoms with Crippen LogP contribution in [0.25, 0.3) is 0 Å². The molecular weight excluding hydrogens is 497 g/mol. The molecule has 1 amide bonds. The third-order valence-electron chi connectivity index (χ3n) is 5.35. The number of rotatable bonds is 7. The maximum absolute atomic E-state index is 12.0. The molecule has 0 saturated carbocycles. The predicted molar refractivity (Wildman–Crippen MR) is 130 cm³/mol. The van der Waals surface area contributed by atoms with Gasteiger partial charge in [0.05, 0.1) is 18.9 Å². The number of nitrogens with one attached hydrogen (secondary N) is 2. The standard InChI is InChI=1S/C21H33N5O3.HI/c1-25(2)20(27)14-23-21(22-13-17-7-6-12-29-17)24-16-10-11-26(15-16)18-8-4-5-9-19(18)28-3;/h4-5,8-9,16-17H,6-7,10-15H2,1-3H3,(H2,22,23,24);1H. The van der Waals surface area contributed by atoms with E-state index in [0.29, 0.717) is 12.5 Å². The lowest BCUT2D eigenvalue weighted by molar-refractivity contribution is -0.127. The van der Waals surface area contributed by atoms with Crippen LogP contribution in [0.2, 0.25) is 0 Å². The van der Waals surface area contributed by atoms with Crippen LogP contribution in [0.1, 0.15) is 19.3 Å². The van der Waals surface area contributed by atoms with E-state index in [-0.39, 0.29) is 48.6 Å². The Labute approximate surface area is 196 Å². The number of aliphatic imine (C=N–C) groups is 1. The minimum atomic E-state index is -0.0229. The van der Waals surface area contributed by atoms with E-state index in [1.165, 1.54) is 0 Å². The number of anilines is 1. The van der Waals surface area contributed by atoms with Crippen molar-refractivity contribution in [1.29, 1.82) is 0 Å². The van der Waals surface area contributed by atoms with Crippen LogP contribution < -0.4 is 20.3 Å². The quantitative estimate of drug-likeness (QED) is 0.317. The lowest BCUT2D eigenvalue weighted by Gasteiger charge is -2.22. The molecule has 2 saturated heterocycles. The molecule has 0 aliphatic carbocycles. The van der Waals surface area contributed by atoms with Gasteiger partial charge in [-0.2, -0.15) is 0 Å². The zero-order chi connectivity index (χ0) is 20.6. The number of halogens is 1. The molecule has 30 heavy (non-hydrogen) atoms. The van der Waals surface area contributed by atoms with E-state index < -0.39 is 0 Å². The molecular formula is C21H34IN5O3. The van der Waals surface area contributed by atoms with E-state index in [0.717, 1.165) is 50.4 Å². The monoisotopic (exact) mass is 531 g/mol. The molecule has 0 aromatic heterocycles. The minimum absolute atomic E-state index is 0. The Morgan fingerprint density at radius 3 is 2.83 bits per heavy atom. The minimum Gasteiger partial charge on any atom is -0.495 e. The van der Waals surface area contributed by atoms with Gasteiger partial charge < -0.3 is 29.9 Å². The van der Waals surface area contributed by atoms with Gasteiger partial charge in [-0.05, 0) is 31.4 Å². The number of carbonyl (C=O) groups excluding carboxylic acids is 1. The van der Waals surface area contributed by atoms with Gasteiger partial charge in [-0.25, -0.2) is 4.99 Å². The Morgan fingerprint density at radius 2 is 2.13 bits per heavy atom. The molecule has 2 fully saturated rings. The molecule has 1 aromatic rings. The summed E-state index contributed by atoms with van der Waals surface area (Å²) in [5.74, 6) is 1.53. The van der Waals surface area contributed by atoms with Crippen molar-refractivity contribution in [2.45, 2.75) is 31.4 Å². The number of guanidine groups is 1. The first-order valence-corrected chi connectivity index (χ1v) is 10.3. The number of benzene rings is 1. The average Bonchev–Trinajstić information content (AvgIpc) is 3.41. The Kier molecular flexibility index (Phi) is 9.96. The summed E-state index contributed by atoms with van der Waals surface area (Å²) in [5.41, 5.74) is 1.10. The number of ether oxygens (including phenoxy) is 2. The number of hydrogen-bond acceptors (Lipinski definition) is 5. The van der Waals surface area contributed by atoms with Crippen molar-refractivity contribution in [3.63, 3.8) is 0 Å². The second kappa shape index (κ2) is 12.2. The van der Waals surface area contributed by atoms with Gasteiger partial charge in [0, 0.05) is 46.4 Å². The fraction of sp³-hybridized carbons (Fsp3) is 0.619. The van der Waals surface area contributed by atoms with Crippen LogP contribution in [-0.2, 0) is 9.53 Å². The van der Waals surface area contributed by atoms with E-state index >= 15 is 0 Å². The summed E-state index contributed by atoms with van der Waals surface area (Å²) >= 11 is 0. The zero-order valence-corrected chi connectivity index (χ0v) is 20.4. The number of methoxy groups -OCH3 is 1. The first-order chi connectivity index (χ1) is 14.1. The maximum atomic E-state index is 12.0. The number of nitrogens with zero attached hydrogens (tertiary/aromatic N) is 3. The van der Waals surface area contributed by atoms with E-state index in [9.17, 15) is 4.79 Å². The van der Waals surface area contributed by atoms with Crippen LogP contribution in [0, 0.1) is 0 Å². The highest BCUT2D eigenvalue weighted by Crippen LogP contribution is 2.30. The number of hydrogen-bond donors (Lipinski definition) is 2. The van der Waals surface area contributed by atoms with Crippen molar-refractivity contribution in [2.75, 3.05) is 58.9 Å². The van der Waals surface area contributed by atoms with E-state index in [1.807, 2.05) is 18.2 Å². The lowest BCUT2D eigenvalue weighted by Crippen LogP contribution is -2.47. The molecule has 2 atom stereocenters. The van der Waals surface area contributed by atoms with Gasteiger partial charge in [-0.15, -0.1) is 24.0 Å². The molecule has 9 heteroatoms. The number of para-hydroxylation sites is 2. The average molecular weight is 531 g/mol. The Balaban J connectivity index is 0.00000320. The molecule has 2 heterocycles. The van der Waals surface area contributed by atoms with Crippen LogP contribution >= 0.6 is 24.0 Å². The largest absolute Gasteiger partial charge is 0.495 e. The van der Waals surface area contributed by atoms with E-state index in [4.69, 9.17) is 9.47 Å². The highest BCUT2D eigenvalue weighted by Gasteiger charge is 2.26. The maximum Gasteiger partial charge on any atom is 0.243 e. The second-order valence-electron chi connectivity index (χ2n) is 7.72. The number of carbonyl (C=O) groups is 1. The molecule has 3 rings (SSSR count). The third kappa shape index (κ3) is 6.90. The van der Waals surface area contributed by atoms with Gasteiger partial charge in [0.15, 0.2) is 5.96 Å². The second-order valence-corrected chi connectivity index (χ2v) is 7.72. The highest BCUT2D eigenvalue weighted by molar-refractivity contribution is 14.0. The van der Waals surface area contributed by atoms with Gasteiger partial charge in [0.25, 0.3) is 0 Å². The lowest BCUT2D eigenvalue weighted by atomic mass is 10.2. The van der Waals surface area contributed by atoms with Crippen LogP contribution in [-0.4, -0.2) is 82.9 Å². The molecule has 2 N–H and O–H groups in total. The zero-order valence-electron chi connectivity index (χ0n) is 18.1. The third-order valence-corrected chi connectivity index (χ3v) is 5.35. The van der Waals surface area contributed by atoms with Crippen LogP contribution in [0.3, 0.4) is 0 Å². The molecule has 0 radical (unpaired) electrons. The number of amides is 1. The van der Waals surface area contributed by atoms with Crippen molar-refractivity contribution in [2.24, 2.45) is 4.99 Å². The molecule has 2 unspecified atom stereocenters. The fourth-order valence-electron chi connectivity index (χ4n) is 3.64. The topological polar surface area (TPSA) is 78.4 Å². The normalized spacial score (nSPS) is 21.2. The van der Waals surface area contributed by atoms with Gasteiger partial charge in [-0.3, -0.25) is 4.79 Å². The molecule has 0 spiro atoms. The van der Waals surface area contributed by atoms with Crippen molar-refractivity contribution in [1.82, 2.24) is 15.5 Å². The van der Waals surface area contributed by atoms with Crippen molar-refractivity contribution in [3.8, 4) is 5.75 Å². The Morgan fingerprint density at radius 1 is 1.33 bits per heavy atom. The van der Waals surface area contributed by atoms with Gasteiger partial charge in [-0.1, -0.05) is 12.1 Å². The summed E-state index contributed by atoms with van der Waals surface area (Å²) in [6.07, 6.45) is 3.35. The Hall–Kier alpha value is -1.75. The summed E-state index contributed by atoms with van der Waals surface area (Å²) in [7, 11) is 5.19. The highest BCUT2D eigenvalue weighted by atomic mass is 127. The van der Waals surface area contributed by atoms with Gasteiger partial charge >= 0.3 is 0 Å². The predicted octanol–water partition coefficient (Wildman–Crippen LogP) is 1.69. The van der Waals surface area contributed by atoms with E-state index in [2.05, 4.69) is 26.6 Å². The van der Waals surface area contributed by atoms with Crippen molar-refractivity contribution in [3.05, 3.63) is 24.3 Å². The smallest absolute Gasteiger partial charge is 0.243 e. The summed E-state index contributed by atoms with van der Waals surface area (Å²) in [6.45, 7) is 3.43. The SMILES string of the molecule is COc1ccccc1N1CCC(NC(=NCC(=O)N(C)C)NCC2CCCO2)C1.I. The molecule has 0 bridgehead atoms. The summed E-state index contributed by atoms with van der Waals surface area (Å²) in [4.78, 5) is 20.3. The van der Waals surface area contributed by atoms with Crippen LogP contribution in [0.15, 0.2) is 29.3 Å². The van der Waals surface area contributed by atoms with Gasteiger partial charge in [0.2, 0.25) is 5.91 Å². The Bertz CT molecular complexity index is 710. The van der Waals surface area contributed by atoms with Crippen molar-refractivity contribution >= 4 is 41.5 Å². The molecule has 1 aromatic carbocycles. The van der Waals surface area contributed by atoms with Crippen LogP contribution in [0.5, 0.6) is 5.75 Å². The first-order valence-electron chi connectivity index (χ1n) is 10.3. The van der Waals surface area contributed by atoms with Crippen molar-refractivity contribution < 1.29 is 14.3 Å². The van der Waals surface area contributed by atoms with Gasteiger partial charge in [0.1, 0.15) is 12.3 Å². The summed E-state index contributed by atoms with van der Waals surface area (Å²) < 4.78 is 11.2. The van der Waals surface area contributed by atoms with Crippen LogP contribution in [0.4, 0.5) is 5.69 Å². The molecule has 2 aliphatic heterocycles. The summed E-state index contributed by atoms with van der Waals surface area (Å²) in [5, 5.41) is 6.86. The van der Waals surface area contributed by atoms with E-state index in [1.54, 1.807) is 26.1 Å². The number of likely N-dealkylation sites (N-methyl/N-ethyl adjacent to an activating group) is 1. The molecule has 8 nitrogen and oxygen atoms in total.